The van der Waals surface area contributed by atoms with Crippen molar-refractivity contribution in [1.82, 2.24) is 14.2 Å². The minimum atomic E-state index is -3.63. The third-order valence-electron chi connectivity index (χ3n) is 6.81. The normalized spacial score (nSPS) is 15.0. The van der Waals surface area contributed by atoms with Gasteiger partial charge in [0.1, 0.15) is 11.4 Å². The lowest BCUT2D eigenvalue weighted by molar-refractivity contribution is 0.0932. The molecule has 0 saturated carbocycles. The van der Waals surface area contributed by atoms with Crippen LogP contribution in [0, 0.1) is 12.7 Å². The number of rotatable bonds is 8. The first-order chi connectivity index (χ1) is 17.6. The number of halogens is 1. The average molecular weight is 526 g/mol. The summed E-state index contributed by atoms with van der Waals surface area (Å²) in [7, 11) is -2.07. The van der Waals surface area contributed by atoms with E-state index < -0.39 is 21.5 Å². The van der Waals surface area contributed by atoms with E-state index in [-0.39, 0.29) is 22.3 Å². The minimum absolute atomic E-state index is 0.0459. The van der Waals surface area contributed by atoms with Crippen LogP contribution in [0.3, 0.4) is 0 Å². The van der Waals surface area contributed by atoms with Crippen LogP contribution in [-0.2, 0) is 17.1 Å². The zero-order valence-electron chi connectivity index (χ0n) is 21.3. The van der Waals surface area contributed by atoms with Crippen LogP contribution in [0.15, 0.2) is 64.4 Å². The Kier molecular flexibility index (Phi) is 7.94. The Morgan fingerprint density at radius 3 is 2.41 bits per heavy atom. The highest BCUT2D eigenvalue weighted by molar-refractivity contribution is 7.89. The van der Waals surface area contributed by atoms with Crippen molar-refractivity contribution in [1.29, 1.82) is 0 Å². The lowest BCUT2D eigenvalue weighted by Crippen LogP contribution is -2.34. The molecule has 3 aromatic rings. The molecule has 2 heterocycles. The molecule has 196 valence electrons. The summed E-state index contributed by atoms with van der Waals surface area (Å²) in [6.45, 7) is 4.85. The number of pyridine rings is 1. The standard InChI is InChI=1S/C28H32FN3O4S/c1-4-7-26(20-9-11-22(29)12-10-20)30-27(33)25-16-21(18-31(3)28(25)34)24-17-23(13-8-19(24)2)37(35,36)32-14-5-6-15-32/h8-13,16-18,26H,4-7,14-15H2,1-3H3,(H,30,33)/t26-/m0/s1. The molecule has 1 atom stereocenters. The Balaban J connectivity index is 1.70. The number of nitrogens with one attached hydrogen (secondary N) is 1. The van der Waals surface area contributed by atoms with Crippen molar-refractivity contribution in [3.8, 4) is 11.1 Å². The Bertz CT molecular complexity index is 1460. The van der Waals surface area contributed by atoms with Crippen molar-refractivity contribution < 1.29 is 17.6 Å². The largest absolute Gasteiger partial charge is 0.345 e. The van der Waals surface area contributed by atoms with E-state index in [4.69, 9.17) is 0 Å². The third-order valence-corrected chi connectivity index (χ3v) is 8.70. The molecule has 9 heteroatoms. The van der Waals surface area contributed by atoms with E-state index in [1.54, 1.807) is 43.6 Å². The number of benzene rings is 2. The zero-order valence-corrected chi connectivity index (χ0v) is 22.1. The van der Waals surface area contributed by atoms with E-state index in [1.165, 1.54) is 27.1 Å². The molecule has 7 nitrogen and oxygen atoms in total. The highest BCUT2D eigenvalue weighted by Gasteiger charge is 2.28. The summed E-state index contributed by atoms with van der Waals surface area (Å²) >= 11 is 0. The van der Waals surface area contributed by atoms with Crippen molar-refractivity contribution in [2.45, 2.75) is 50.5 Å². The lowest BCUT2D eigenvalue weighted by atomic mass is 9.99. The fraction of sp³-hybridized carbons (Fsp3) is 0.357. The second kappa shape index (κ2) is 11.0. The molecule has 4 rings (SSSR count). The highest BCUT2D eigenvalue weighted by atomic mass is 32.2. The Morgan fingerprint density at radius 2 is 1.76 bits per heavy atom. The Hall–Kier alpha value is -3.30. The van der Waals surface area contributed by atoms with Gasteiger partial charge in [-0.15, -0.1) is 0 Å². The highest BCUT2D eigenvalue weighted by Crippen LogP contribution is 2.29. The maximum atomic E-state index is 13.4. The number of aromatic nitrogens is 1. The first kappa shape index (κ1) is 26.8. The van der Waals surface area contributed by atoms with Gasteiger partial charge in [0.15, 0.2) is 0 Å². The number of amides is 1. The molecule has 1 aromatic heterocycles. The second-order valence-electron chi connectivity index (χ2n) is 9.51. The Labute approximate surface area is 217 Å². The average Bonchev–Trinajstić information content (AvgIpc) is 3.42. The van der Waals surface area contributed by atoms with Crippen LogP contribution >= 0.6 is 0 Å². The molecular weight excluding hydrogens is 493 g/mol. The van der Waals surface area contributed by atoms with Crippen molar-refractivity contribution in [3.63, 3.8) is 0 Å². The van der Waals surface area contributed by atoms with Gasteiger partial charge >= 0.3 is 0 Å². The number of carbonyl (C=O) groups is 1. The van der Waals surface area contributed by atoms with E-state index in [2.05, 4.69) is 5.32 Å². The summed E-state index contributed by atoms with van der Waals surface area (Å²) in [6, 6.07) is 12.0. The number of carbonyl (C=O) groups excluding carboxylic acids is 1. The first-order valence-electron chi connectivity index (χ1n) is 12.5. The van der Waals surface area contributed by atoms with Gasteiger partial charge in [-0.3, -0.25) is 9.59 Å². The molecule has 0 radical (unpaired) electrons. The van der Waals surface area contributed by atoms with Gasteiger partial charge in [-0.1, -0.05) is 31.5 Å². The van der Waals surface area contributed by atoms with Crippen LogP contribution in [0.25, 0.3) is 11.1 Å². The summed E-state index contributed by atoms with van der Waals surface area (Å²) in [5.41, 5.74) is 2.26. The third kappa shape index (κ3) is 5.67. The summed E-state index contributed by atoms with van der Waals surface area (Å²) in [6.07, 6.45) is 4.68. The van der Waals surface area contributed by atoms with Crippen molar-refractivity contribution in [2.75, 3.05) is 13.1 Å². The molecule has 1 N–H and O–H groups in total. The van der Waals surface area contributed by atoms with Gasteiger partial charge in [0.25, 0.3) is 11.5 Å². The molecule has 0 spiro atoms. The van der Waals surface area contributed by atoms with Gasteiger partial charge in [0, 0.05) is 26.3 Å². The van der Waals surface area contributed by atoms with Crippen LogP contribution in [-0.4, -0.2) is 36.3 Å². The van der Waals surface area contributed by atoms with Crippen LogP contribution < -0.4 is 10.9 Å². The first-order valence-corrected chi connectivity index (χ1v) is 13.9. The molecule has 1 aliphatic heterocycles. The predicted octanol–water partition coefficient (Wildman–Crippen LogP) is 4.56. The quantitative estimate of drug-likeness (QED) is 0.467. The van der Waals surface area contributed by atoms with Crippen LogP contribution in [0.4, 0.5) is 4.39 Å². The molecule has 0 aliphatic carbocycles. The van der Waals surface area contributed by atoms with Crippen molar-refractivity contribution in [3.05, 3.63) is 87.6 Å². The molecule has 1 amide bonds. The topological polar surface area (TPSA) is 88.5 Å². The molecule has 2 aromatic carbocycles. The van der Waals surface area contributed by atoms with E-state index in [1.807, 2.05) is 13.8 Å². The summed E-state index contributed by atoms with van der Waals surface area (Å²) < 4.78 is 42.5. The van der Waals surface area contributed by atoms with E-state index in [9.17, 15) is 22.4 Å². The Morgan fingerprint density at radius 1 is 1.08 bits per heavy atom. The predicted molar refractivity (Wildman–Crippen MR) is 141 cm³/mol. The lowest BCUT2D eigenvalue weighted by Gasteiger charge is -2.20. The minimum Gasteiger partial charge on any atom is -0.345 e. The van der Waals surface area contributed by atoms with Gasteiger partial charge in [0.2, 0.25) is 10.0 Å². The van der Waals surface area contributed by atoms with Crippen molar-refractivity contribution >= 4 is 15.9 Å². The monoisotopic (exact) mass is 525 g/mol. The van der Waals surface area contributed by atoms with E-state index in [0.717, 1.165) is 30.4 Å². The number of nitrogens with zero attached hydrogens (tertiary/aromatic N) is 2. The fourth-order valence-electron chi connectivity index (χ4n) is 4.71. The summed E-state index contributed by atoms with van der Waals surface area (Å²) in [5.74, 6) is -0.903. The SMILES string of the molecule is CCC[C@H](NC(=O)c1cc(-c2cc(S(=O)(=O)N3CCCC3)ccc2C)cn(C)c1=O)c1ccc(F)cc1. The molecule has 1 aliphatic rings. The number of sulfonamides is 1. The summed E-state index contributed by atoms with van der Waals surface area (Å²) in [4.78, 5) is 26.4. The smallest absolute Gasteiger partial charge is 0.263 e. The maximum absolute atomic E-state index is 13.4. The van der Waals surface area contributed by atoms with Crippen LogP contribution in [0.2, 0.25) is 0 Å². The fourth-order valence-corrected chi connectivity index (χ4v) is 6.26. The van der Waals surface area contributed by atoms with Crippen LogP contribution in [0.1, 0.15) is 60.1 Å². The molecule has 0 bridgehead atoms. The number of hydrogen-bond donors (Lipinski definition) is 1. The zero-order chi connectivity index (χ0) is 26.7. The summed E-state index contributed by atoms with van der Waals surface area (Å²) in [5, 5.41) is 2.93. The van der Waals surface area contributed by atoms with E-state index >= 15 is 0 Å². The van der Waals surface area contributed by atoms with Gasteiger partial charge < -0.3 is 9.88 Å². The molecule has 1 fully saturated rings. The van der Waals surface area contributed by atoms with Crippen molar-refractivity contribution in [2.24, 2.45) is 7.05 Å². The second-order valence-corrected chi connectivity index (χ2v) is 11.5. The van der Waals surface area contributed by atoms with E-state index in [0.29, 0.717) is 30.6 Å². The van der Waals surface area contributed by atoms with Gasteiger partial charge in [0.05, 0.1) is 10.9 Å². The molecule has 37 heavy (non-hydrogen) atoms. The van der Waals surface area contributed by atoms with Gasteiger partial charge in [-0.05, 0) is 78.8 Å². The van der Waals surface area contributed by atoms with Crippen LogP contribution in [0.5, 0.6) is 0 Å². The maximum Gasteiger partial charge on any atom is 0.263 e. The van der Waals surface area contributed by atoms with Gasteiger partial charge in [-0.2, -0.15) is 4.31 Å². The molecule has 1 saturated heterocycles. The molecule has 0 unspecified atom stereocenters. The number of hydrogen-bond acceptors (Lipinski definition) is 4. The van der Waals surface area contributed by atoms with Gasteiger partial charge in [-0.25, -0.2) is 12.8 Å². The number of aryl methyl sites for hydroxylation is 2. The molecular formula is C28H32FN3O4S.